The number of ketones is 1. The molecule has 0 spiro atoms. The number of rotatable bonds is 3. The highest BCUT2D eigenvalue weighted by Crippen LogP contribution is 2.19. The third-order valence-corrected chi connectivity index (χ3v) is 2.59. The molecule has 1 N–H and O–H groups in total. The van der Waals surface area contributed by atoms with Crippen LogP contribution in [0.5, 0.6) is 0 Å². The summed E-state index contributed by atoms with van der Waals surface area (Å²) in [7, 11) is 1.35. The van der Waals surface area contributed by atoms with Crippen LogP contribution in [0.25, 0.3) is 0 Å². The summed E-state index contributed by atoms with van der Waals surface area (Å²) < 4.78 is 4.61. The second-order valence-corrected chi connectivity index (χ2v) is 3.83. The molecule has 0 fully saturated rings. The van der Waals surface area contributed by atoms with Crippen molar-refractivity contribution in [2.45, 2.75) is 12.8 Å². The Morgan fingerprint density at radius 1 is 1.24 bits per heavy atom. The molecule has 1 aromatic rings. The molecule has 0 heterocycles. The van der Waals surface area contributed by atoms with E-state index in [1.807, 2.05) is 0 Å². The molecule has 0 saturated carbocycles. The lowest BCUT2D eigenvalue weighted by atomic mass is 10.2. The third kappa shape index (κ3) is 2.72. The Labute approximate surface area is 99.3 Å². The number of esters is 1. The molecule has 88 valence electrons. The molecule has 1 aliphatic carbocycles. The van der Waals surface area contributed by atoms with Crippen LogP contribution in [0.4, 0.5) is 5.69 Å². The number of methoxy groups -OCH3 is 1. The summed E-state index contributed by atoms with van der Waals surface area (Å²) in [6.45, 7) is 0. The van der Waals surface area contributed by atoms with Gasteiger partial charge in [0, 0.05) is 23.9 Å². The van der Waals surface area contributed by atoms with Gasteiger partial charge >= 0.3 is 5.97 Å². The maximum atomic E-state index is 11.2. The minimum atomic E-state index is -0.355. The number of hydrogen-bond donors (Lipinski definition) is 1. The van der Waals surface area contributed by atoms with Gasteiger partial charge in [-0.3, -0.25) is 4.79 Å². The predicted octanol–water partition coefficient (Wildman–Crippen LogP) is 2.13. The fourth-order valence-corrected chi connectivity index (χ4v) is 1.69. The second kappa shape index (κ2) is 4.82. The van der Waals surface area contributed by atoms with E-state index >= 15 is 0 Å². The van der Waals surface area contributed by atoms with Gasteiger partial charge in [0.2, 0.25) is 0 Å². The molecule has 0 unspecified atom stereocenters. The lowest BCUT2D eigenvalue weighted by Crippen LogP contribution is -2.01. The first-order chi connectivity index (χ1) is 8.19. The molecule has 0 aliphatic heterocycles. The highest BCUT2D eigenvalue weighted by Gasteiger charge is 2.12. The Balaban J connectivity index is 2.06. The second-order valence-electron chi connectivity index (χ2n) is 3.83. The van der Waals surface area contributed by atoms with Gasteiger partial charge in [-0.15, -0.1) is 0 Å². The smallest absolute Gasteiger partial charge is 0.337 e. The number of nitrogens with one attached hydrogen (secondary N) is 1. The summed E-state index contributed by atoms with van der Waals surface area (Å²) in [6.07, 6.45) is 2.94. The number of anilines is 1. The number of ether oxygens (including phenoxy) is 1. The van der Waals surface area contributed by atoms with Gasteiger partial charge in [0.15, 0.2) is 5.78 Å². The Hall–Kier alpha value is -2.10. The van der Waals surface area contributed by atoms with Crippen LogP contribution in [0.1, 0.15) is 23.2 Å². The SMILES string of the molecule is COC(=O)c1ccc(NC2=CC(=O)CC2)cc1. The van der Waals surface area contributed by atoms with Crippen LogP contribution >= 0.6 is 0 Å². The van der Waals surface area contributed by atoms with Gasteiger partial charge in [0.1, 0.15) is 0 Å². The van der Waals surface area contributed by atoms with Crippen LogP contribution in [0.15, 0.2) is 36.0 Å². The van der Waals surface area contributed by atoms with E-state index in [1.54, 1.807) is 30.3 Å². The van der Waals surface area contributed by atoms with E-state index in [0.717, 1.165) is 17.8 Å². The number of carbonyl (C=O) groups excluding carboxylic acids is 2. The molecule has 0 atom stereocenters. The summed E-state index contributed by atoms with van der Waals surface area (Å²) in [4.78, 5) is 22.3. The van der Waals surface area contributed by atoms with Crippen molar-refractivity contribution in [1.29, 1.82) is 0 Å². The molecule has 2 rings (SSSR count). The molecule has 0 bridgehead atoms. The first-order valence-electron chi connectivity index (χ1n) is 5.38. The van der Waals surface area contributed by atoms with E-state index in [9.17, 15) is 9.59 Å². The number of benzene rings is 1. The molecule has 0 aromatic heterocycles. The van der Waals surface area contributed by atoms with E-state index < -0.39 is 0 Å². The van der Waals surface area contributed by atoms with E-state index in [2.05, 4.69) is 10.1 Å². The van der Waals surface area contributed by atoms with Crippen molar-refractivity contribution in [1.82, 2.24) is 0 Å². The normalized spacial score (nSPS) is 14.4. The van der Waals surface area contributed by atoms with Crippen LogP contribution in [0.2, 0.25) is 0 Å². The fourth-order valence-electron chi connectivity index (χ4n) is 1.69. The van der Waals surface area contributed by atoms with Crippen molar-refractivity contribution in [2.75, 3.05) is 12.4 Å². The Morgan fingerprint density at radius 3 is 2.47 bits per heavy atom. The van der Waals surface area contributed by atoms with Gasteiger partial charge in [-0.1, -0.05) is 0 Å². The maximum absolute atomic E-state index is 11.2. The highest BCUT2D eigenvalue weighted by atomic mass is 16.5. The summed E-state index contributed by atoms with van der Waals surface area (Å²) in [6, 6.07) is 6.95. The van der Waals surface area contributed by atoms with Crippen LogP contribution in [0.3, 0.4) is 0 Å². The van der Waals surface area contributed by atoms with Crippen molar-refractivity contribution in [3.8, 4) is 0 Å². The first kappa shape index (κ1) is 11.4. The van der Waals surface area contributed by atoms with Crippen LogP contribution < -0.4 is 5.32 Å². The average molecular weight is 231 g/mol. The van der Waals surface area contributed by atoms with Crippen LogP contribution in [-0.4, -0.2) is 18.9 Å². The van der Waals surface area contributed by atoms with Crippen molar-refractivity contribution in [3.63, 3.8) is 0 Å². The Bertz CT molecular complexity index is 474. The summed E-state index contributed by atoms with van der Waals surface area (Å²) >= 11 is 0. The van der Waals surface area contributed by atoms with Gasteiger partial charge in [-0.2, -0.15) is 0 Å². The average Bonchev–Trinajstić information content (AvgIpc) is 2.75. The van der Waals surface area contributed by atoms with Gasteiger partial charge in [-0.05, 0) is 30.7 Å². The number of carbonyl (C=O) groups is 2. The standard InChI is InChI=1S/C13H13NO3/c1-17-13(16)9-2-4-10(5-3-9)14-11-6-7-12(15)8-11/h2-5,8,14H,6-7H2,1H3. The molecule has 0 saturated heterocycles. The van der Waals surface area contributed by atoms with Crippen molar-refractivity contribution < 1.29 is 14.3 Å². The van der Waals surface area contributed by atoms with Crippen LogP contribution in [-0.2, 0) is 9.53 Å². The largest absolute Gasteiger partial charge is 0.465 e. The molecular weight excluding hydrogens is 218 g/mol. The van der Waals surface area contributed by atoms with Crippen molar-refractivity contribution in [3.05, 3.63) is 41.6 Å². The Kier molecular flexibility index (Phi) is 3.23. The van der Waals surface area contributed by atoms with E-state index in [0.29, 0.717) is 12.0 Å². The Morgan fingerprint density at radius 2 is 1.94 bits per heavy atom. The topological polar surface area (TPSA) is 55.4 Å². The lowest BCUT2D eigenvalue weighted by molar-refractivity contribution is -0.114. The van der Waals surface area contributed by atoms with E-state index in [4.69, 9.17) is 0 Å². The minimum Gasteiger partial charge on any atom is -0.465 e. The van der Waals surface area contributed by atoms with E-state index in [-0.39, 0.29) is 11.8 Å². The summed E-state index contributed by atoms with van der Waals surface area (Å²) in [5.74, 6) is -0.203. The predicted molar refractivity (Wildman–Crippen MR) is 63.7 cm³/mol. The van der Waals surface area contributed by atoms with E-state index in [1.165, 1.54) is 7.11 Å². The third-order valence-electron chi connectivity index (χ3n) is 2.59. The fraction of sp³-hybridized carbons (Fsp3) is 0.231. The summed E-state index contributed by atoms with van der Waals surface area (Å²) in [5.41, 5.74) is 2.29. The molecule has 4 nitrogen and oxygen atoms in total. The first-order valence-corrected chi connectivity index (χ1v) is 5.38. The van der Waals surface area contributed by atoms with Gasteiger partial charge in [-0.25, -0.2) is 4.79 Å². The number of hydrogen-bond acceptors (Lipinski definition) is 4. The van der Waals surface area contributed by atoms with Gasteiger partial charge in [0.25, 0.3) is 0 Å². The zero-order valence-electron chi connectivity index (χ0n) is 9.53. The molecule has 0 amide bonds. The highest BCUT2D eigenvalue weighted by molar-refractivity contribution is 5.93. The minimum absolute atomic E-state index is 0.152. The molecule has 1 aliphatic rings. The maximum Gasteiger partial charge on any atom is 0.337 e. The lowest BCUT2D eigenvalue weighted by Gasteiger charge is -2.07. The van der Waals surface area contributed by atoms with Gasteiger partial charge in [0.05, 0.1) is 12.7 Å². The van der Waals surface area contributed by atoms with Crippen molar-refractivity contribution >= 4 is 17.4 Å². The quantitative estimate of drug-likeness (QED) is 0.810. The molecule has 4 heteroatoms. The number of allylic oxidation sites excluding steroid dienone is 2. The summed E-state index contributed by atoms with van der Waals surface area (Å²) in [5, 5.41) is 3.14. The van der Waals surface area contributed by atoms with Crippen molar-refractivity contribution in [2.24, 2.45) is 0 Å². The van der Waals surface area contributed by atoms with Crippen LogP contribution in [0, 0.1) is 0 Å². The molecular formula is C13H13NO3. The monoisotopic (exact) mass is 231 g/mol. The zero-order valence-corrected chi connectivity index (χ0v) is 9.53. The zero-order chi connectivity index (χ0) is 12.3. The molecule has 1 aromatic carbocycles. The molecule has 17 heavy (non-hydrogen) atoms. The van der Waals surface area contributed by atoms with Gasteiger partial charge < -0.3 is 10.1 Å². The molecule has 0 radical (unpaired) electrons.